The van der Waals surface area contributed by atoms with Gasteiger partial charge in [-0.2, -0.15) is 5.10 Å². The SMILES string of the molecule is CCN(CC(O)Cn1cc(N)cn1)c1cc(O)ccc1C. The van der Waals surface area contributed by atoms with E-state index in [1.807, 2.05) is 24.8 Å². The summed E-state index contributed by atoms with van der Waals surface area (Å²) in [7, 11) is 0. The van der Waals surface area contributed by atoms with Crippen molar-refractivity contribution >= 4 is 11.4 Å². The number of benzene rings is 1. The Hall–Kier alpha value is -2.21. The van der Waals surface area contributed by atoms with Gasteiger partial charge in [0.2, 0.25) is 0 Å². The van der Waals surface area contributed by atoms with E-state index < -0.39 is 6.10 Å². The molecule has 0 bridgehead atoms. The first-order valence-electron chi connectivity index (χ1n) is 7.00. The first-order chi connectivity index (χ1) is 9.99. The maximum Gasteiger partial charge on any atom is 0.117 e. The van der Waals surface area contributed by atoms with Crippen molar-refractivity contribution in [1.29, 1.82) is 0 Å². The number of rotatable bonds is 6. The van der Waals surface area contributed by atoms with E-state index in [-0.39, 0.29) is 5.75 Å². The van der Waals surface area contributed by atoms with E-state index in [4.69, 9.17) is 5.73 Å². The van der Waals surface area contributed by atoms with Gasteiger partial charge in [-0.1, -0.05) is 6.07 Å². The van der Waals surface area contributed by atoms with Crippen LogP contribution in [0, 0.1) is 6.92 Å². The van der Waals surface area contributed by atoms with E-state index in [2.05, 4.69) is 5.10 Å². The number of nitrogens with zero attached hydrogens (tertiary/aromatic N) is 3. The highest BCUT2D eigenvalue weighted by Gasteiger charge is 2.14. The predicted octanol–water partition coefficient (Wildman–Crippen LogP) is 1.37. The normalized spacial score (nSPS) is 12.3. The zero-order valence-corrected chi connectivity index (χ0v) is 12.4. The van der Waals surface area contributed by atoms with Gasteiger partial charge >= 0.3 is 0 Å². The first-order valence-corrected chi connectivity index (χ1v) is 7.00. The lowest BCUT2D eigenvalue weighted by Crippen LogP contribution is -2.35. The minimum Gasteiger partial charge on any atom is -0.508 e. The molecule has 1 atom stereocenters. The molecular weight excluding hydrogens is 268 g/mol. The van der Waals surface area contributed by atoms with Crippen molar-refractivity contribution in [2.75, 3.05) is 23.7 Å². The van der Waals surface area contributed by atoms with E-state index in [1.54, 1.807) is 29.2 Å². The quantitative estimate of drug-likeness (QED) is 0.748. The third-order valence-electron chi connectivity index (χ3n) is 3.40. The molecule has 0 spiro atoms. The third-order valence-corrected chi connectivity index (χ3v) is 3.40. The molecule has 1 unspecified atom stereocenters. The zero-order valence-electron chi connectivity index (χ0n) is 12.4. The lowest BCUT2D eigenvalue weighted by atomic mass is 10.1. The second-order valence-electron chi connectivity index (χ2n) is 5.16. The Kier molecular flexibility index (Phi) is 4.70. The molecule has 0 aliphatic carbocycles. The number of aryl methyl sites for hydroxylation is 1. The van der Waals surface area contributed by atoms with Gasteiger partial charge < -0.3 is 20.8 Å². The maximum absolute atomic E-state index is 10.2. The molecule has 114 valence electrons. The van der Waals surface area contributed by atoms with Crippen molar-refractivity contribution in [2.45, 2.75) is 26.5 Å². The Morgan fingerprint density at radius 2 is 2.19 bits per heavy atom. The third kappa shape index (κ3) is 3.88. The molecule has 0 fully saturated rings. The summed E-state index contributed by atoms with van der Waals surface area (Å²) in [4.78, 5) is 2.03. The van der Waals surface area contributed by atoms with Crippen LogP contribution in [-0.2, 0) is 6.54 Å². The van der Waals surface area contributed by atoms with E-state index in [9.17, 15) is 10.2 Å². The van der Waals surface area contributed by atoms with Gasteiger partial charge in [0.05, 0.1) is 24.5 Å². The fourth-order valence-corrected chi connectivity index (χ4v) is 2.34. The zero-order chi connectivity index (χ0) is 15.4. The van der Waals surface area contributed by atoms with Crippen molar-refractivity contribution in [2.24, 2.45) is 0 Å². The summed E-state index contributed by atoms with van der Waals surface area (Å²) in [6.07, 6.45) is 2.67. The molecule has 0 amide bonds. The summed E-state index contributed by atoms with van der Waals surface area (Å²) in [5.41, 5.74) is 8.18. The van der Waals surface area contributed by atoms with Crippen LogP contribution in [0.2, 0.25) is 0 Å². The Morgan fingerprint density at radius 1 is 1.43 bits per heavy atom. The number of aromatic nitrogens is 2. The van der Waals surface area contributed by atoms with Crippen LogP contribution >= 0.6 is 0 Å². The molecule has 0 aliphatic rings. The highest BCUT2D eigenvalue weighted by Crippen LogP contribution is 2.25. The van der Waals surface area contributed by atoms with Gasteiger partial charge in [-0.15, -0.1) is 0 Å². The van der Waals surface area contributed by atoms with Crippen molar-refractivity contribution < 1.29 is 10.2 Å². The fourth-order valence-electron chi connectivity index (χ4n) is 2.34. The first kappa shape index (κ1) is 15.2. The number of hydrogen-bond donors (Lipinski definition) is 3. The molecule has 0 saturated carbocycles. The number of hydrogen-bond acceptors (Lipinski definition) is 5. The van der Waals surface area contributed by atoms with Crippen molar-refractivity contribution in [3.63, 3.8) is 0 Å². The molecule has 1 aromatic heterocycles. The molecule has 2 rings (SSSR count). The van der Waals surface area contributed by atoms with Crippen LogP contribution in [0.4, 0.5) is 11.4 Å². The molecule has 6 nitrogen and oxygen atoms in total. The van der Waals surface area contributed by atoms with E-state index >= 15 is 0 Å². The van der Waals surface area contributed by atoms with Crippen LogP contribution in [0.3, 0.4) is 0 Å². The van der Waals surface area contributed by atoms with Crippen LogP contribution in [0.25, 0.3) is 0 Å². The number of likely N-dealkylation sites (N-methyl/N-ethyl adjacent to an activating group) is 1. The fraction of sp³-hybridized carbons (Fsp3) is 0.400. The second-order valence-corrected chi connectivity index (χ2v) is 5.16. The van der Waals surface area contributed by atoms with Gasteiger partial charge in [0.25, 0.3) is 0 Å². The highest BCUT2D eigenvalue weighted by atomic mass is 16.3. The standard InChI is InChI=1S/C15H22N4O2/c1-3-18(15-6-13(20)5-4-11(15)2)9-14(21)10-19-8-12(16)7-17-19/h4-8,14,20-21H,3,9-10,16H2,1-2H3. The summed E-state index contributed by atoms with van der Waals surface area (Å²) in [6.45, 7) is 5.58. The van der Waals surface area contributed by atoms with Crippen molar-refractivity contribution in [1.82, 2.24) is 9.78 Å². The lowest BCUT2D eigenvalue weighted by molar-refractivity contribution is 0.154. The second kappa shape index (κ2) is 6.49. The lowest BCUT2D eigenvalue weighted by Gasteiger charge is -2.27. The number of phenols is 1. The minimum absolute atomic E-state index is 0.225. The molecule has 0 radical (unpaired) electrons. The summed E-state index contributed by atoms with van der Waals surface area (Å²) in [6, 6.07) is 5.25. The van der Waals surface area contributed by atoms with Crippen LogP contribution in [0.1, 0.15) is 12.5 Å². The van der Waals surface area contributed by atoms with E-state index in [0.29, 0.717) is 18.8 Å². The van der Waals surface area contributed by atoms with Gasteiger partial charge in [0.1, 0.15) is 5.75 Å². The molecule has 1 heterocycles. The number of phenolic OH excluding ortho intramolecular Hbond substituents is 1. The highest BCUT2D eigenvalue weighted by molar-refractivity contribution is 5.56. The van der Waals surface area contributed by atoms with E-state index in [1.165, 1.54) is 0 Å². The molecule has 6 heteroatoms. The largest absolute Gasteiger partial charge is 0.508 e. The Labute approximate surface area is 124 Å². The average molecular weight is 290 g/mol. The number of aromatic hydroxyl groups is 1. The summed E-state index contributed by atoms with van der Waals surface area (Å²) < 4.78 is 1.63. The van der Waals surface area contributed by atoms with Gasteiger partial charge in [-0.05, 0) is 25.5 Å². The number of nitrogen functional groups attached to an aromatic ring is 1. The van der Waals surface area contributed by atoms with Gasteiger partial charge in [-0.3, -0.25) is 4.68 Å². The van der Waals surface area contributed by atoms with Crippen LogP contribution in [-0.4, -0.2) is 39.2 Å². The smallest absolute Gasteiger partial charge is 0.117 e. The summed E-state index contributed by atoms with van der Waals surface area (Å²) in [5.74, 6) is 0.225. The van der Waals surface area contributed by atoms with Crippen LogP contribution in [0.5, 0.6) is 5.75 Å². The van der Waals surface area contributed by atoms with Crippen LogP contribution in [0.15, 0.2) is 30.6 Å². The molecule has 21 heavy (non-hydrogen) atoms. The van der Waals surface area contributed by atoms with Crippen molar-refractivity contribution in [3.8, 4) is 5.75 Å². The topological polar surface area (TPSA) is 87.5 Å². The predicted molar refractivity (Wildman–Crippen MR) is 83.4 cm³/mol. The van der Waals surface area contributed by atoms with Gasteiger partial charge in [0.15, 0.2) is 0 Å². The maximum atomic E-state index is 10.2. The Bertz CT molecular complexity index is 597. The number of aliphatic hydroxyl groups is 1. The summed E-state index contributed by atoms with van der Waals surface area (Å²) >= 11 is 0. The molecule has 4 N–H and O–H groups in total. The van der Waals surface area contributed by atoms with Crippen molar-refractivity contribution in [3.05, 3.63) is 36.2 Å². The van der Waals surface area contributed by atoms with E-state index in [0.717, 1.165) is 17.8 Å². The van der Waals surface area contributed by atoms with Gasteiger partial charge in [0, 0.05) is 31.0 Å². The Balaban J connectivity index is 2.06. The monoisotopic (exact) mass is 290 g/mol. The molecule has 0 saturated heterocycles. The number of nitrogens with two attached hydrogens (primary N) is 1. The summed E-state index contributed by atoms with van der Waals surface area (Å²) in [5, 5.41) is 23.9. The average Bonchev–Trinajstić information content (AvgIpc) is 2.84. The number of anilines is 2. The molecule has 0 aliphatic heterocycles. The molecule has 2 aromatic rings. The molecule has 1 aromatic carbocycles. The van der Waals surface area contributed by atoms with Gasteiger partial charge in [-0.25, -0.2) is 0 Å². The molecular formula is C15H22N4O2. The van der Waals surface area contributed by atoms with Crippen LogP contribution < -0.4 is 10.6 Å². The minimum atomic E-state index is -0.578. The number of aliphatic hydroxyl groups excluding tert-OH is 1. The Morgan fingerprint density at radius 3 is 2.81 bits per heavy atom.